The third kappa shape index (κ3) is 2.90. The van der Waals surface area contributed by atoms with Gasteiger partial charge in [-0.3, -0.25) is 5.21 Å². The lowest BCUT2D eigenvalue weighted by Crippen LogP contribution is -2.53. The van der Waals surface area contributed by atoms with Gasteiger partial charge in [0.25, 0.3) is 0 Å². The molecule has 1 aliphatic heterocycles. The van der Waals surface area contributed by atoms with E-state index in [1.165, 1.54) is 10.6 Å². The Hall–Kier alpha value is -2.37. The Labute approximate surface area is 152 Å². The highest BCUT2D eigenvalue weighted by Crippen LogP contribution is 2.44. The predicted molar refractivity (Wildman–Crippen MR) is 106 cm³/mol. The molecule has 25 heavy (non-hydrogen) atoms. The van der Waals surface area contributed by atoms with E-state index < -0.39 is 0 Å². The van der Waals surface area contributed by atoms with Crippen LogP contribution in [0.4, 0.5) is 17.1 Å². The average Bonchev–Trinajstić information content (AvgIpc) is 2.65. The monoisotopic (exact) mass is 351 g/mol. The molecule has 0 aromatic heterocycles. The molecule has 2 unspecified atom stereocenters. The summed E-state index contributed by atoms with van der Waals surface area (Å²) in [5.41, 5.74) is 3.97. The SMILES string of the molecule is Cc1ccc(SNc2cccc3c2N(O)C2C=CC=CC2N3C)cc1. The minimum absolute atomic E-state index is 0.0881. The predicted octanol–water partition coefficient (Wildman–Crippen LogP) is 4.62. The second kappa shape index (κ2) is 6.50. The zero-order valence-corrected chi connectivity index (χ0v) is 15.1. The smallest absolute Gasteiger partial charge is 0.111 e. The van der Waals surface area contributed by atoms with Gasteiger partial charge in [0, 0.05) is 11.9 Å². The van der Waals surface area contributed by atoms with Crippen LogP contribution in [0.1, 0.15) is 5.56 Å². The Morgan fingerprint density at radius 2 is 1.72 bits per heavy atom. The lowest BCUT2D eigenvalue weighted by Gasteiger charge is -2.45. The molecule has 0 amide bonds. The number of para-hydroxylation sites is 1. The highest BCUT2D eigenvalue weighted by molar-refractivity contribution is 8.00. The summed E-state index contributed by atoms with van der Waals surface area (Å²) in [5.74, 6) is 0. The molecule has 0 spiro atoms. The number of nitrogens with zero attached hydrogens (tertiary/aromatic N) is 2. The second-order valence-electron chi connectivity index (χ2n) is 6.40. The van der Waals surface area contributed by atoms with E-state index in [0.29, 0.717) is 0 Å². The van der Waals surface area contributed by atoms with Crippen LogP contribution in [0.3, 0.4) is 0 Å². The Kier molecular flexibility index (Phi) is 4.19. The first-order valence-corrected chi connectivity index (χ1v) is 9.15. The first-order chi connectivity index (χ1) is 12.1. The summed E-state index contributed by atoms with van der Waals surface area (Å²) in [6.07, 6.45) is 8.18. The molecule has 128 valence electrons. The summed E-state index contributed by atoms with van der Waals surface area (Å²) < 4.78 is 3.40. The number of benzene rings is 2. The van der Waals surface area contributed by atoms with Crippen LogP contribution in [-0.4, -0.2) is 24.3 Å². The second-order valence-corrected chi connectivity index (χ2v) is 7.28. The minimum Gasteiger partial charge on any atom is -0.364 e. The summed E-state index contributed by atoms with van der Waals surface area (Å²) in [5, 5.41) is 12.2. The van der Waals surface area contributed by atoms with Gasteiger partial charge in [0.05, 0.1) is 23.5 Å². The van der Waals surface area contributed by atoms with Gasteiger partial charge in [-0.1, -0.05) is 48.1 Å². The first kappa shape index (κ1) is 16.1. The van der Waals surface area contributed by atoms with E-state index in [1.54, 1.807) is 11.9 Å². The lowest BCUT2D eigenvalue weighted by atomic mass is 9.96. The molecule has 1 heterocycles. The fourth-order valence-corrected chi connectivity index (χ4v) is 4.00. The van der Waals surface area contributed by atoms with Crippen molar-refractivity contribution in [1.29, 1.82) is 0 Å². The molecule has 5 heteroatoms. The third-order valence-corrected chi connectivity index (χ3v) is 5.56. The van der Waals surface area contributed by atoms with Crippen molar-refractivity contribution in [3.63, 3.8) is 0 Å². The van der Waals surface area contributed by atoms with Crippen molar-refractivity contribution < 1.29 is 5.21 Å². The van der Waals surface area contributed by atoms with Gasteiger partial charge in [0.1, 0.15) is 5.69 Å². The molecule has 2 aromatic rings. The molecule has 2 atom stereocenters. The lowest BCUT2D eigenvalue weighted by molar-refractivity contribution is 0.219. The number of fused-ring (bicyclic) bond motifs is 2. The number of hydrogen-bond donors (Lipinski definition) is 2. The highest BCUT2D eigenvalue weighted by atomic mass is 32.2. The van der Waals surface area contributed by atoms with E-state index in [1.807, 2.05) is 36.4 Å². The van der Waals surface area contributed by atoms with E-state index in [2.05, 4.69) is 53.9 Å². The van der Waals surface area contributed by atoms with Crippen molar-refractivity contribution in [2.24, 2.45) is 0 Å². The van der Waals surface area contributed by atoms with E-state index in [-0.39, 0.29) is 12.1 Å². The molecule has 2 N–H and O–H groups in total. The number of anilines is 3. The summed E-state index contributed by atoms with van der Waals surface area (Å²) in [6.45, 7) is 2.08. The van der Waals surface area contributed by atoms with Gasteiger partial charge in [-0.15, -0.1) is 0 Å². The first-order valence-electron chi connectivity index (χ1n) is 8.33. The average molecular weight is 351 g/mol. The quantitative estimate of drug-likeness (QED) is 0.789. The number of hydroxylamine groups is 1. The van der Waals surface area contributed by atoms with E-state index in [4.69, 9.17) is 0 Å². The van der Waals surface area contributed by atoms with Crippen molar-refractivity contribution in [3.05, 3.63) is 72.3 Å². The van der Waals surface area contributed by atoms with Gasteiger partial charge in [0.2, 0.25) is 0 Å². The number of hydrogen-bond acceptors (Lipinski definition) is 5. The molecule has 0 fully saturated rings. The van der Waals surface area contributed by atoms with Crippen LogP contribution < -0.4 is 14.7 Å². The molecular weight excluding hydrogens is 330 g/mol. The standard InChI is InChI=1S/C20H21N3OS/c1-14-10-12-15(13-11-14)25-21-16-6-5-9-19-20(16)23(24)18-8-4-3-7-17(18)22(19)2/h3-13,17-18,21,24H,1-2H3. The third-order valence-electron chi connectivity index (χ3n) is 4.73. The molecule has 0 bridgehead atoms. The molecule has 0 saturated heterocycles. The van der Waals surface area contributed by atoms with Gasteiger partial charge in [-0.05, 0) is 43.1 Å². The van der Waals surface area contributed by atoms with Crippen LogP contribution in [0.5, 0.6) is 0 Å². The fourth-order valence-electron chi connectivity index (χ4n) is 3.34. The number of rotatable bonds is 3. The van der Waals surface area contributed by atoms with E-state index in [0.717, 1.165) is 22.0 Å². The maximum atomic E-state index is 10.9. The molecule has 1 aliphatic carbocycles. The molecule has 0 saturated carbocycles. The molecule has 4 nitrogen and oxygen atoms in total. The van der Waals surface area contributed by atoms with Crippen molar-refractivity contribution in [2.45, 2.75) is 23.9 Å². The minimum atomic E-state index is -0.0881. The zero-order valence-electron chi connectivity index (χ0n) is 14.3. The number of allylic oxidation sites excluding steroid dienone is 2. The van der Waals surface area contributed by atoms with Crippen LogP contribution in [0.25, 0.3) is 0 Å². The van der Waals surface area contributed by atoms with Crippen LogP contribution in [-0.2, 0) is 0 Å². The molecule has 2 aliphatic rings. The Balaban J connectivity index is 1.65. The normalized spacial score (nSPS) is 21.1. The van der Waals surface area contributed by atoms with Gasteiger partial charge >= 0.3 is 0 Å². The van der Waals surface area contributed by atoms with Crippen molar-refractivity contribution in [2.75, 3.05) is 21.7 Å². The number of aryl methyl sites for hydroxylation is 1. The largest absolute Gasteiger partial charge is 0.364 e. The Morgan fingerprint density at radius 3 is 2.48 bits per heavy atom. The van der Waals surface area contributed by atoms with E-state index in [9.17, 15) is 5.21 Å². The Bertz CT molecular complexity index is 831. The van der Waals surface area contributed by atoms with Gasteiger partial charge < -0.3 is 9.62 Å². The van der Waals surface area contributed by atoms with Gasteiger partial charge in [0.15, 0.2) is 0 Å². The van der Waals surface area contributed by atoms with Crippen molar-refractivity contribution in [3.8, 4) is 0 Å². The summed E-state index contributed by atoms with van der Waals surface area (Å²) in [6, 6.07) is 14.5. The molecule has 0 radical (unpaired) electrons. The zero-order chi connectivity index (χ0) is 17.4. The number of nitrogens with one attached hydrogen (secondary N) is 1. The van der Waals surface area contributed by atoms with Crippen LogP contribution >= 0.6 is 11.9 Å². The molecular formula is C20H21N3OS. The van der Waals surface area contributed by atoms with Gasteiger partial charge in [-0.2, -0.15) is 0 Å². The summed E-state index contributed by atoms with van der Waals surface area (Å²) in [7, 11) is 2.07. The highest BCUT2D eigenvalue weighted by Gasteiger charge is 2.36. The van der Waals surface area contributed by atoms with Crippen LogP contribution in [0, 0.1) is 6.92 Å². The fraction of sp³-hybridized carbons (Fsp3) is 0.200. The Morgan fingerprint density at radius 1 is 1.00 bits per heavy atom. The topological polar surface area (TPSA) is 38.7 Å². The van der Waals surface area contributed by atoms with Crippen LogP contribution in [0.2, 0.25) is 0 Å². The maximum absolute atomic E-state index is 10.9. The van der Waals surface area contributed by atoms with E-state index >= 15 is 0 Å². The number of likely N-dealkylation sites (N-methyl/N-ethyl adjacent to an activating group) is 1. The van der Waals surface area contributed by atoms with Crippen LogP contribution in [0.15, 0.2) is 71.7 Å². The summed E-state index contributed by atoms with van der Waals surface area (Å²) in [4.78, 5) is 3.35. The maximum Gasteiger partial charge on any atom is 0.111 e. The van der Waals surface area contributed by atoms with Gasteiger partial charge in [-0.25, -0.2) is 5.06 Å². The summed E-state index contributed by atoms with van der Waals surface area (Å²) >= 11 is 1.55. The van der Waals surface area contributed by atoms with Crippen molar-refractivity contribution in [1.82, 2.24) is 0 Å². The molecule has 4 rings (SSSR count). The molecule has 2 aromatic carbocycles. The van der Waals surface area contributed by atoms with Crippen molar-refractivity contribution >= 4 is 29.0 Å².